The lowest BCUT2D eigenvalue weighted by Crippen LogP contribution is -2.18. The predicted octanol–water partition coefficient (Wildman–Crippen LogP) is 5.78. The van der Waals surface area contributed by atoms with Crippen molar-refractivity contribution >= 4 is 17.4 Å². The fourth-order valence-corrected chi connectivity index (χ4v) is 4.31. The second-order valence-corrected chi connectivity index (χ2v) is 9.53. The molecule has 2 aliphatic carbocycles. The Morgan fingerprint density at radius 3 is 2.69 bits per heavy atom. The van der Waals surface area contributed by atoms with E-state index in [4.69, 9.17) is 4.42 Å². The summed E-state index contributed by atoms with van der Waals surface area (Å²) in [7, 11) is 0. The van der Waals surface area contributed by atoms with Crippen molar-refractivity contribution in [1.29, 1.82) is 0 Å². The summed E-state index contributed by atoms with van der Waals surface area (Å²) in [5.74, 6) is 1.26. The number of hydrogen-bond acceptors (Lipinski definition) is 6. The summed E-state index contributed by atoms with van der Waals surface area (Å²) < 4.78 is 47.7. The van der Waals surface area contributed by atoms with Gasteiger partial charge < -0.3 is 15.1 Å². The highest BCUT2D eigenvalue weighted by atomic mass is 19.4. The first-order valence-corrected chi connectivity index (χ1v) is 11.9. The number of aromatic nitrogens is 4. The Balaban J connectivity index is 1.31. The number of anilines is 2. The van der Waals surface area contributed by atoms with Crippen LogP contribution in [0.4, 0.5) is 24.7 Å². The van der Waals surface area contributed by atoms with Gasteiger partial charge in [-0.05, 0) is 62.5 Å². The highest BCUT2D eigenvalue weighted by molar-refractivity contribution is 6.03. The average Bonchev–Trinajstić information content (AvgIpc) is 3.34. The molecule has 3 aromatic rings. The van der Waals surface area contributed by atoms with Crippen LogP contribution in [-0.2, 0) is 6.18 Å². The van der Waals surface area contributed by atoms with Gasteiger partial charge in [-0.1, -0.05) is 6.92 Å². The molecule has 2 fully saturated rings. The Kier molecular flexibility index (Phi) is 6.24. The van der Waals surface area contributed by atoms with E-state index in [0.717, 1.165) is 38.5 Å². The molecule has 0 atom stereocenters. The number of carbonyl (C=O) groups is 1. The number of nitrogens with zero attached hydrogens (tertiary/aromatic N) is 4. The minimum absolute atomic E-state index is 0.119. The lowest BCUT2D eigenvalue weighted by atomic mass is 9.87. The fraction of sp³-hybridized carbons (Fsp3) is 0.500. The first kappa shape index (κ1) is 23.4. The molecule has 35 heavy (non-hydrogen) atoms. The number of rotatable bonds is 7. The van der Waals surface area contributed by atoms with Gasteiger partial charge in [0, 0.05) is 24.5 Å². The zero-order valence-electron chi connectivity index (χ0n) is 19.3. The SMILES string of the molecule is C[C@H]1CC[C@@H](n2cc(NC(=O)c3coc(-c4ccnc(NCC5CC5)c4)n3)c(C(F)(F)F)n2)CC1. The third-order valence-corrected chi connectivity index (χ3v) is 6.62. The minimum atomic E-state index is -4.70. The molecule has 2 N–H and O–H groups in total. The summed E-state index contributed by atoms with van der Waals surface area (Å²) in [6.45, 7) is 2.97. The summed E-state index contributed by atoms with van der Waals surface area (Å²) in [5.41, 5.74) is -1.03. The normalized spacial score (nSPS) is 20.6. The van der Waals surface area contributed by atoms with Crippen LogP contribution in [0.15, 0.2) is 35.2 Å². The van der Waals surface area contributed by atoms with Crippen LogP contribution in [-0.4, -0.2) is 32.2 Å². The van der Waals surface area contributed by atoms with Crippen LogP contribution in [0, 0.1) is 11.8 Å². The van der Waals surface area contributed by atoms with Crippen LogP contribution < -0.4 is 10.6 Å². The van der Waals surface area contributed by atoms with Crippen molar-refractivity contribution in [1.82, 2.24) is 19.7 Å². The Morgan fingerprint density at radius 1 is 1.20 bits per heavy atom. The maximum absolute atomic E-state index is 13.7. The van der Waals surface area contributed by atoms with Crippen molar-refractivity contribution in [2.24, 2.45) is 11.8 Å². The first-order chi connectivity index (χ1) is 16.8. The topological polar surface area (TPSA) is 97.9 Å². The van der Waals surface area contributed by atoms with Crippen molar-refractivity contribution in [2.75, 3.05) is 17.2 Å². The van der Waals surface area contributed by atoms with Crippen LogP contribution in [0.25, 0.3) is 11.5 Å². The quantitative estimate of drug-likeness (QED) is 0.438. The molecule has 8 nitrogen and oxygen atoms in total. The van der Waals surface area contributed by atoms with E-state index in [-0.39, 0.29) is 23.3 Å². The van der Waals surface area contributed by atoms with Crippen molar-refractivity contribution in [3.8, 4) is 11.5 Å². The number of oxazole rings is 1. The molecule has 0 unspecified atom stereocenters. The minimum Gasteiger partial charge on any atom is -0.444 e. The Labute approximate surface area is 200 Å². The smallest absolute Gasteiger partial charge is 0.437 e. The average molecular weight is 489 g/mol. The fourth-order valence-electron chi connectivity index (χ4n) is 4.31. The number of hydrogen-bond donors (Lipinski definition) is 2. The van der Waals surface area contributed by atoms with Gasteiger partial charge in [-0.25, -0.2) is 9.97 Å². The van der Waals surface area contributed by atoms with Crippen LogP contribution in [0.2, 0.25) is 0 Å². The lowest BCUT2D eigenvalue weighted by Gasteiger charge is -2.26. The van der Waals surface area contributed by atoms with E-state index in [1.807, 2.05) is 0 Å². The van der Waals surface area contributed by atoms with E-state index in [1.165, 1.54) is 23.7 Å². The van der Waals surface area contributed by atoms with Crippen molar-refractivity contribution < 1.29 is 22.4 Å². The third kappa shape index (κ3) is 5.49. The Bertz CT molecular complexity index is 1190. The number of carbonyl (C=O) groups excluding carboxylic acids is 1. The van der Waals surface area contributed by atoms with Gasteiger partial charge in [0.2, 0.25) is 5.89 Å². The molecular formula is C24H27F3N6O2. The monoisotopic (exact) mass is 488 g/mol. The van der Waals surface area contributed by atoms with Crippen molar-refractivity contribution in [2.45, 2.75) is 57.7 Å². The van der Waals surface area contributed by atoms with E-state index in [0.29, 0.717) is 23.2 Å². The summed E-state index contributed by atoms with van der Waals surface area (Å²) in [6, 6.07) is 3.32. The van der Waals surface area contributed by atoms with Crippen LogP contribution >= 0.6 is 0 Å². The van der Waals surface area contributed by atoms with E-state index < -0.39 is 17.8 Å². The van der Waals surface area contributed by atoms with Crippen LogP contribution in [0.1, 0.15) is 67.7 Å². The van der Waals surface area contributed by atoms with Gasteiger partial charge in [0.25, 0.3) is 5.91 Å². The largest absolute Gasteiger partial charge is 0.444 e. The van der Waals surface area contributed by atoms with Gasteiger partial charge in [0.15, 0.2) is 11.4 Å². The summed E-state index contributed by atoms with van der Waals surface area (Å²) in [6.07, 6.45) is 5.08. The van der Waals surface area contributed by atoms with Crippen LogP contribution in [0.5, 0.6) is 0 Å². The number of alkyl halides is 3. The molecule has 0 spiro atoms. The molecule has 1 amide bonds. The molecule has 3 heterocycles. The zero-order valence-corrected chi connectivity index (χ0v) is 19.3. The number of pyridine rings is 1. The second kappa shape index (κ2) is 9.35. The molecule has 2 aliphatic rings. The van der Waals surface area contributed by atoms with Gasteiger partial charge in [0.1, 0.15) is 12.1 Å². The van der Waals surface area contributed by atoms with Gasteiger partial charge in [0.05, 0.1) is 11.7 Å². The molecule has 2 saturated carbocycles. The zero-order chi connectivity index (χ0) is 24.6. The summed E-state index contributed by atoms with van der Waals surface area (Å²) in [4.78, 5) is 21.2. The van der Waals surface area contributed by atoms with Gasteiger partial charge >= 0.3 is 6.18 Å². The van der Waals surface area contributed by atoms with E-state index in [9.17, 15) is 18.0 Å². The Morgan fingerprint density at radius 2 is 1.97 bits per heavy atom. The van der Waals surface area contributed by atoms with Crippen LogP contribution in [0.3, 0.4) is 0 Å². The molecule has 0 aliphatic heterocycles. The molecule has 3 aromatic heterocycles. The second-order valence-electron chi connectivity index (χ2n) is 9.53. The maximum Gasteiger partial charge on any atom is 0.437 e. The summed E-state index contributed by atoms with van der Waals surface area (Å²) in [5, 5.41) is 9.38. The summed E-state index contributed by atoms with van der Waals surface area (Å²) >= 11 is 0. The predicted molar refractivity (Wildman–Crippen MR) is 123 cm³/mol. The highest BCUT2D eigenvalue weighted by Crippen LogP contribution is 2.37. The van der Waals surface area contributed by atoms with Crippen molar-refractivity contribution in [3.63, 3.8) is 0 Å². The number of nitrogens with one attached hydrogen (secondary N) is 2. The molecule has 0 bridgehead atoms. The molecule has 5 rings (SSSR count). The standard InChI is InChI=1S/C24H27F3N6O2/c1-14-2-6-17(7-3-14)33-12-18(21(32-33)24(25,26)27)30-22(34)19-13-35-23(31-19)16-8-9-28-20(10-16)29-11-15-4-5-15/h8-10,12-15,17H,2-7,11H2,1H3,(H,28,29)(H,30,34)/t14-,17+. The number of halogens is 3. The van der Waals surface area contributed by atoms with E-state index >= 15 is 0 Å². The van der Waals surface area contributed by atoms with Gasteiger partial charge in [-0.15, -0.1) is 0 Å². The first-order valence-electron chi connectivity index (χ1n) is 11.9. The maximum atomic E-state index is 13.7. The van der Waals surface area contributed by atoms with Crippen molar-refractivity contribution in [3.05, 3.63) is 42.2 Å². The Hall–Kier alpha value is -3.37. The van der Waals surface area contributed by atoms with E-state index in [2.05, 4.69) is 32.6 Å². The molecule has 0 aromatic carbocycles. The highest BCUT2D eigenvalue weighted by Gasteiger charge is 2.39. The van der Waals surface area contributed by atoms with Gasteiger partial charge in [-0.2, -0.15) is 18.3 Å². The number of amides is 1. The lowest BCUT2D eigenvalue weighted by molar-refractivity contribution is -0.141. The van der Waals surface area contributed by atoms with E-state index in [1.54, 1.807) is 18.3 Å². The third-order valence-electron chi connectivity index (χ3n) is 6.62. The molecule has 11 heteroatoms. The van der Waals surface area contributed by atoms with Gasteiger partial charge in [-0.3, -0.25) is 9.48 Å². The molecular weight excluding hydrogens is 461 g/mol. The molecule has 0 saturated heterocycles. The molecule has 0 radical (unpaired) electrons. The molecule has 186 valence electrons.